The van der Waals surface area contributed by atoms with Gasteiger partial charge < -0.3 is 0 Å². The van der Waals surface area contributed by atoms with Crippen molar-refractivity contribution in [1.82, 2.24) is 0 Å². The van der Waals surface area contributed by atoms with E-state index in [-0.39, 0.29) is 5.71 Å². The molecule has 0 aliphatic rings. The Bertz CT molecular complexity index is 213. The third-order valence-corrected chi connectivity index (χ3v) is 1.63. The lowest BCUT2D eigenvalue weighted by Gasteiger charge is -2.12. The minimum atomic E-state index is -4.28. The van der Waals surface area contributed by atoms with Crippen LogP contribution in [0.15, 0.2) is 16.6 Å². The van der Waals surface area contributed by atoms with Crippen molar-refractivity contribution in [2.24, 2.45) is 4.99 Å². The highest BCUT2D eigenvalue weighted by Crippen LogP contribution is 2.27. The fourth-order valence-electron chi connectivity index (χ4n) is 1.07. The maximum atomic E-state index is 12.4. The molecule has 0 saturated heterocycles. The molecule has 0 saturated carbocycles. The summed E-state index contributed by atoms with van der Waals surface area (Å²) in [5.74, 6) is 0. The van der Waals surface area contributed by atoms with E-state index in [0.717, 1.165) is 0 Å². The highest BCUT2D eigenvalue weighted by atomic mass is 19.4. The molecule has 0 aromatic carbocycles. The number of alkyl halides is 3. The lowest BCUT2D eigenvalue weighted by Crippen LogP contribution is -2.19. The molecule has 0 spiro atoms. The van der Waals surface area contributed by atoms with Gasteiger partial charge >= 0.3 is 6.18 Å². The number of hydrogen-bond donors (Lipinski definition) is 0. The maximum Gasteiger partial charge on any atom is 0.417 e. The van der Waals surface area contributed by atoms with Crippen LogP contribution < -0.4 is 0 Å². The van der Waals surface area contributed by atoms with Gasteiger partial charge in [-0.2, -0.15) is 13.2 Å². The van der Waals surface area contributed by atoms with Crippen molar-refractivity contribution in [3.63, 3.8) is 0 Å². The molecule has 13 heavy (non-hydrogen) atoms. The van der Waals surface area contributed by atoms with Crippen LogP contribution in [0.1, 0.15) is 26.7 Å². The van der Waals surface area contributed by atoms with E-state index in [1.807, 2.05) is 0 Å². The first kappa shape index (κ1) is 12.2. The van der Waals surface area contributed by atoms with Crippen molar-refractivity contribution in [1.29, 1.82) is 0 Å². The predicted octanol–water partition coefficient (Wildman–Crippen LogP) is 3.37. The van der Waals surface area contributed by atoms with E-state index < -0.39 is 11.7 Å². The first-order chi connectivity index (χ1) is 5.97. The van der Waals surface area contributed by atoms with Crippen LogP contribution >= 0.6 is 0 Å². The zero-order valence-electron chi connectivity index (χ0n) is 8.07. The van der Waals surface area contributed by atoms with E-state index in [9.17, 15) is 13.2 Å². The molecule has 0 N–H and O–H groups in total. The molecule has 0 unspecified atom stereocenters. The van der Waals surface area contributed by atoms with Crippen LogP contribution in [-0.4, -0.2) is 18.9 Å². The molecule has 0 bridgehead atoms. The van der Waals surface area contributed by atoms with E-state index in [2.05, 4.69) is 4.99 Å². The highest BCUT2D eigenvalue weighted by molar-refractivity contribution is 6.00. The average Bonchev–Trinajstić information content (AvgIpc) is 2.03. The number of nitrogens with zero attached hydrogens (tertiary/aromatic N) is 1. The van der Waals surface area contributed by atoms with Crippen LogP contribution in [0.4, 0.5) is 13.2 Å². The molecule has 4 heteroatoms. The minimum absolute atomic E-state index is 0.120. The van der Waals surface area contributed by atoms with Gasteiger partial charge in [0.1, 0.15) is 0 Å². The molecule has 0 aliphatic heterocycles. The smallest absolute Gasteiger partial charge is 0.292 e. The summed E-state index contributed by atoms with van der Waals surface area (Å²) in [4.78, 5) is 3.62. The summed E-state index contributed by atoms with van der Waals surface area (Å²) in [5, 5.41) is 0. The molecule has 0 fully saturated rings. The second-order valence-electron chi connectivity index (χ2n) is 2.55. The molecule has 76 valence electrons. The van der Waals surface area contributed by atoms with E-state index in [1.54, 1.807) is 13.8 Å². The van der Waals surface area contributed by atoms with E-state index in [1.165, 1.54) is 13.1 Å². The van der Waals surface area contributed by atoms with E-state index in [0.29, 0.717) is 12.8 Å². The molecular weight excluding hydrogens is 179 g/mol. The summed E-state index contributed by atoms with van der Waals surface area (Å²) < 4.78 is 37.1. The second kappa shape index (κ2) is 5.04. The predicted molar refractivity (Wildman–Crippen MR) is 48.1 cm³/mol. The normalized spacial score (nSPS) is 14.9. The summed E-state index contributed by atoms with van der Waals surface area (Å²) in [7, 11) is 1.38. The average molecular weight is 193 g/mol. The van der Waals surface area contributed by atoms with E-state index in [4.69, 9.17) is 0 Å². The molecular formula is C9H14F3N. The molecule has 0 aromatic rings. The Labute approximate surface area is 76.4 Å². The molecule has 0 radical (unpaired) electrons. The van der Waals surface area contributed by atoms with Gasteiger partial charge in [0, 0.05) is 12.8 Å². The monoisotopic (exact) mass is 193 g/mol. The maximum absolute atomic E-state index is 12.4. The first-order valence-corrected chi connectivity index (χ1v) is 4.20. The Morgan fingerprint density at radius 2 is 1.85 bits per heavy atom. The molecule has 0 aromatic heterocycles. The standard InChI is InChI=1S/C9H14F3N/c1-4-6-7(9(10,11)12)8(5-2)13-3/h6H,4-5H2,1-3H3/b7-6+,13-8?. The van der Waals surface area contributed by atoms with Gasteiger partial charge in [-0.15, -0.1) is 0 Å². The summed E-state index contributed by atoms with van der Waals surface area (Å²) in [5.41, 5.74) is -0.477. The summed E-state index contributed by atoms with van der Waals surface area (Å²) >= 11 is 0. The number of rotatable bonds is 3. The molecule has 0 rings (SSSR count). The highest BCUT2D eigenvalue weighted by Gasteiger charge is 2.35. The number of aliphatic imine (C=N–C) groups is 1. The molecule has 1 nitrogen and oxygen atoms in total. The summed E-state index contributed by atoms with van der Waals surface area (Å²) in [6.45, 7) is 3.34. The lowest BCUT2D eigenvalue weighted by atomic mass is 10.1. The lowest BCUT2D eigenvalue weighted by molar-refractivity contribution is -0.0864. The third-order valence-electron chi connectivity index (χ3n) is 1.63. The Kier molecular flexibility index (Phi) is 4.73. The SMILES string of the molecule is CC/C=C(\C(CC)=NC)C(F)(F)F. The number of allylic oxidation sites excluding steroid dienone is 2. The second-order valence-corrected chi connectivity index (χ2v) is 2.55. The van der Waals surface area contributed by atoms with Crippen LogP contribution in [0, 0.1) is 0 Å². The van der Waals surface area contributed by atoms with Crippen molar-refractivity contribution in [3.05, 3.63) is 11.6 Å². The Morgan fingerprint density at radius 1 is 1.31 bits per heavy atom. The van der Waals surface area contributed by atoms with Gasteiger partial charge in [0.15, 0.2) is 0 Å². The van der Waals surface area contributed by atoms with Crippen LogP contribution in [0.2, 0.25) is 0 Å². The minimum Gasteiger partial charge on any atom is -0.292 e. The van der Waals surface area contributed by atoms with Crippen LogP contribution in [0.3, 0.4) is 0 Å². The summed E-state index contributed by atoms with van der Waals surface area (Å²) in [6.07, 6.45) is -2.43. The molecule has 0 aliphatic carbocycles. The van der Waals surface area contributed by atoms with Crippen LogP contribution in [0.25, 0.3) is 0 Å². The third kappa shape index (κ3) is 3.61. The van der Waals surface area contributed by atoms with Gasteiger partial charge in [-0.1, -0.05) is 19.9 Å². The Balaban J connectivity index is 4.94. The van der Waals surface area contributed by atoms with E-state index >= 15 is 0 Å². The first-order valence-electron chi connectivity index (χ1n) is 4.20. The van der Waals surface area contributed by atoms with Crippen molar-refractivity contribution < 1.29 is 13.2 Å². The Hall–Kier alpha value is -0.800. The van der Waals surface area contributed by atoms with Crippen molar-refractivity contribution in [3.8, 4) is 0 Å². The van der Waals surface area contributed by atoms with Gasteiger partial charge in [-0.3, -0.25) is 4.99 Å². The number of halogens is 3. The van der Waals surface area contributed by atoms with Gasteiger partial charge in [0.05, 0.1) is 5.57 Å². The molecule has 0 amide bonds. The van der Waals surface area contributed by atoms with Gasteiger partial charge in [-0.25, -0.2) is 0 Å². The topological polar surface area (TPSA) is 12.4 Å². The van der Waals surface area contributed by atoms with Crippen LogP contribution in [0.5, 0.6) is 0 Å². The fourth-order valence-corrected chi connectivity index (χ4v) is 1.07. The largest absolute Gasteiger partial charge is 0.417 e. The number of hydrogen-bond acceptors (Lipinski definition) is 1. The summed E-state index contributed by atoms with van der Waals surface area (Å²) in [6, 6.07) is 0. The van der Waals surface area contributed by atoms with Crippen molar-refractivity contribution in [2.75, 3.05) is 7.05 Å². The Morgan fingerprint density at radius 3 is 2.08 bits per heavy atom. The van der Waals surface area contributed by atoms with Crippen LogP contribution in [-0.2, 0) is 0 Å². The fraction of sp³-hybridized carbons (Fsp3) is 0.667. The van der Waals surface area contributed by atoms with Gasteiger partial charge in [0.2, 0.25) is 0 Å². The zero-order chi connectivity index (χ0) is 10.5. The van der Waals surface area contributed by atoms with Gasteiger partial charge in [0.25, 0.3) is 0 Å². The molecule has 0 heterocycles. The van der Waals surface area contributed by atoms with Gasteiger partial charge in [-0.05, 0) is 12.8 Å². The van der Waals surface area contributed by atoms with Crippen molar-refractivity contribution >= 4 is 5.71 Å². The quantitative estimate of drug-likeness (QED) is 0.609. The van der Waals surface area contributed by atoms with Crippen molar-refractivity contribution in [2.45, 2.75) is 32.9 Å². The molecule has 0 atom stereocenters. The zero-order valence-corrected chi connectivity index (χ0v) is 8.07.